The summed E-state index contributed by atoms with van der Waals surface area (Å²) in [5.41, 5.74) is 0.679. The Morgan fingerprint density at radius 1 is 0.360 bits per heavy atom. The lowest BCUT2D eigenvalue weighted by molar-refractivity contribution is -0.0285. The second-order valence-corrected chi connectivity index (χ2v) is 12.0. The van der Waals surface area contributed by atoms with Crippen LogP contribution in [0.1, 0.15) is 18.9 Å². The van der Waals surface area contributed by atoms with Gasteiger partial charge in [0.05, 0.1) is 159 Å². The predicted octanol–water partition coefficient (Wildman–Crippen LogP) is 2.14. The molecule has 0 atom stereocenters. The van der Waals surface area contributed by atoms with E-state index in [-0.39, 0.29) is 19.0 Å². The molecule has 0 unspecified atom stereocenters. The van der Waals surface area contributed by atoms with Crippen molar-refractivity contribution in [2.45, 2.75) is 19.1 Å². The lowest BCUT2D eigenvalue weighted by atomic mass is 10.2. The molecule has 0 N–H and O–H groups in total. The monoisotopic (exact) mass is 742 g/mol. The highest BCUT2D eigenvalue weighted by Crippen LogP contribution is 2.07. The third-order valence-electron chi connectivity index (χ3n) is 6.12. The smallest absolute Gasteiger partial charge is 0.271 e. The van der Waals surface area contributed by atoms with Gasteiger partial charge in [0, 0.05) is 6.61 Å². The highest BCUT2D eigenvalue weighted by Gasteiger charge is 2.12. The van der Waals surface area contributed by atoms with Crippen molar-refractivity contribution in [2.75, 3.05) is 165 Å². The molecule has 16 heteroatoms. The molecule has 0 bridgehead atoms. The maximum Gasteiger partial charge on any atom is 0.271 e. The highest BCUT2D eigenvalue weighted by molar-refractivity contribution is 7.85. The number of hydrogen-bond acceptors (Lipinski definition) is 15. The van der Waals surface area contributed by atoms with E-state index >= 15 is 0 Å². The number of rotatable bonds is 41. The Hall–Kier alpha value is -1.35. The Morgan fingerprint density at radius 3 is 0.860 bits per heavy atom. The van der Waals surface area contributed by atoms with Crippen molar-refractivity contribution < 1.29 is 69.4 Å². The number of hydrogen-bond donors (Lipinski definition) is 0. The molecule has 0 saturated carbocycles. The first-order valence-corrected chi connectivity index (χ1v) is 19.1. The summed E-state index contributed by atoms with van der Waals surface area (Å²) in [6, 6.07) is 8.88. The minimum absolute atomic E-state index is 0.0335. The van der Waals surface area contributed by atoms with Gasteiger partial charge in [-0.2, -0.15) is 8.42 Å². The largest absolute Gasteiger partial charge is 0.379 e. The van der Waals surface area contributed by atoms with Crippen molar-refractivity contribution in [3.05, 3.63) is 35.9 Å². The van der Waals surface area contributed by atoms with Gasteiger partial charge in [-0.1, -0.05) is 37.3 Å². The number of benzene rings is 1. The van der Waals surface area contributed by atoms with E-state index in [1.807, 2.05) is 6.07 Å². The van der Waals surface area contributed by atoms with Crippen molar-refractivity contribution in [1.82, 2.24) is 0 Å². The van der Waals surface area contributed by atoms with Crippen molar-refractivity contribution >= 4 is 10.1 Å². The maximum absolute atomic E-state index is 11.9. The van der Waals surface area contributed by atoms with Gasteiger partial charge in [-0.05, 0) is 12.0 Å². The molecule has 0 aliphatic heterocycles. The van der Waals surface area contributed by atoms with Crippen LogP contribution in [0.3, 0.4) is 0 Å². The maximum atomic E-state index is 11.9. The quantitative estimate of drug-likeness (QED) is 0.0711. The summed E-state index contributed by atoms with van der Waals surface area (Å²) in [6.45, 7) is 13.8. The summed E-state index contributed by atoms with van der Waals surface area (Å²) in [7, 11) is -3.63. The molecule has 0 saturated heterocycles. The highest BCUT2D eigenvalue weighted by atomic mass is 32.2. The average molecular weight is 743 g/mol. The van der Waals surface area contributed by atoms with Crippen molar-refractivity contribution in [1.29, 1.82) is 0 Å². The van der Waals surface area contributed by atoms with Crippen LogP contribution >= 0.6 is 0 Å². The van der Waals surface area contributed by atoms with Crippen LogP contribution in [0.25, 0.3) is 0 Å². The molecule has 0 aliphatic carbocycles. The first-order chi connectivity index (χ1) is 24.6. The van der Waals surface area contributed by atoms with Gasteiger partial charge in [-0.3, -0.25) is 4.18 Å². The van der Waals surface area contributed by atoms with E-state index in [0.717, 1.165) is 13.0 Å². The molecule has 0 aliphatic rings. The predicted molar refractivity (Wildman–Crippen MR) is 185 cm³/mol. The zero-order valence-electron chi connectivity index (χ0n) is 30.0. The molecule has 0 radical (unpaired) electrons. The summed E-state index contributed by atoms with van der Waals surface area (Å²) >= 11 is 0. The summed E-state index contributed by atoms with van der Waals surface area (Å²) < 4.78 is 94.0. The van der Waals surface area contributed by atoms with Crippen LogP contribution in [0, 0.1) is 0 Å². The Morgan fingerprint density at radius 2 is 0.600 bits per heavy atom. The Labute approximate surface area is 299 Å². The first-order valence-electron chi connectivity index (χ1n) is 17.5. The molecule has 0 spiro atoms. The summed E-state index contributed by atoms with van der Waals surface area (Å²) in [5.74, 6) is -0.161. The molecule has 294 valence electrons. The molecule has 15 nitrogen and oxygen atoms in total. The van der Waals surface area contributed by atoms with E-state index in [2.05, 4.69) is 6.92 Å². The van der Waals surface area contributed by atoms with E-state index in [0.29, 0.717) is 151 Å². The van der Waals surface area contributed by atoms with Crippen LogP contribution in [0.4, 0.5) is 0 Å². The fourth-order valence-corrected chi connectivity index (χ4v) is 4.71. The Balaban J connectivity index is 1.65. The SMILES string of the molecule is CCCOCCOCCOCCOCCOCCOCCOCCOCCOCCOCCOCCOCCOS(=O)(=O)Cc1ccccc1. The normalized spacial score (nSPS) is 11.9. The summed E-state index contributed by atoms with van der Waals surface area (Å²) in [6.07, 6.45) is 1.02. The Bertz CT molecular complexity index is 911. The standard InChI is InChI=1S/C34H62O15S/c1-2-8-37-9-10-38-11-12-39-13-14-40-15-16-41-17-18-42-19-20-43-21-22-44-23-24-45-25-26-46-27-28-47-29-30-48-31-32-49-50(35,36)33-34-6-4-3-5-7-34/h3-7H,2,8-33H2,1H3. The molecule has 1 rings (SSSR count). The summed E-state index contributed by atoms with van der Waals surface area (Å²) in [4.78, 5) is 0. The lowest BCUT2D eigenvalue weighted by Gasteiger charge is -2.09. The van der Waals surface area contributed by atoms with Gasteiger partial charge in [-0.25, -0.2) is 0 Å². The zero-order valence-corrected chi connectivity index (χ0v) is 30.8. The Kier molecular flexibility index (Phi) is 34.9. The molecule has 0 aromatic heterocycles. The van der Waals surface area contributed by atoms with Crippen LogP contribution in [0.5, 0.6) is 0 Å². The van der Waals surface area contributed by atoms with Crippen LogP contribution in [0.15, 0.2) is 30.3 Å². The summed E-state index contributed by atoms with van der Waals surface area (Å²) in [5, 5.41) is 0. The lowest BCUT2D eigenvalue weighted by Crippen LogP contribution is -2.16. The molecule has 0 fully saturated rings. The van der Waals surface area contributed by atoms with E-state index in [4.69, 9.17) is 61.0 Å². The van der Waals surface area contributed by atoms with Gasteiger partial charge in [0.1, 0.15) is 5.75 Å². The van der Waals surface area contributed by atoms with Gasteiger partial charge in [-0.15, -0.1) is 0 Å². The molecular weight excluding hydrogens is 680 g/mol. The van der Waals surface area contributed by atoms with Crippen LogP contribution < -0.4 is 0 Å². The minimum atomic E-state index is -3.63. The van der Waals surface area contributed by atoms with E-state index < -0.39 is 10.1 Å². The third-order valence-corrected chi connectivity index (χ3v) is 7.33. The van der Waals surface area contributed by atoms with Gasteiger partial charge in [0.25, 0.3) is 10.1 Å². The minimum Gasteiger partial charge on any atom is -0.379 e. The van der Waals surface area contributed by atoms with E-state index in [9.17, 15) is 8.42 Å². The molecular formula is C34H62O15S. The molecule has 50 heavy (non-hydrogen) atoms. The van der Waals surface area contributed by atoms with E-state index in [1.54, 1.807) is 24.3 Å². The van der Waals surface area contributed by atoms with Crippen LogP contribution in [0.2, 0.25) is 0 Å². The van der Waals surface area contributed by atoms with Gasteiger partial charge < -0.3 is 56.8 Å². The number of ether oxygens (including phenoxy) is 12. The second-order valence-electron chi connectivity index (χ2n) is 10.4. The third kappa shape index (κ3) is 35.1. The van der Waals surface area contributed by atoms with E-state index in [1.165, 1.54) is 0 Å². The fourth-order valence-electron chi connectivity index (χ4n) is 3.71. The van der Waals surface area contributed by atoms with Gasteiger partial charge in [0.2, 0.25) is 0 Å². The first kappa shape index (κ1) is 46.7. The average Bonchev–Trinajstić information content (AvgIpc) is 3.11. The van der Waals surface area contributed by atoms with Crippen molar-refractivity contribution in [2.24, 2.45) is 0 Å². The zero-order chi connectivity index (χ0) is 35.9. The van der Waals surface area contributed by atoms with Gasteiger partial charge >= 0.3 is 0 Å². The van der Waals surface area contributed by atoms with Crippen LogP contribution in [-0.2, 0) is 76.9 Å². The molecule has 0 amide bonds. The van der Waals surface area contributed by atoms with Gasteiger partial charge in [0.15, 0.2) is 0 Å². The van der Waals surface area contributed by atoms with Crippen LogP contribution in [-0.4, -0.2) is 174 Å². The van der Waals surface area contributed by atoms with Crippen molar-refractivity contribution in [3.63, 3.8) is 0 Å². The molecule has 1 aromatic carbocycles. The second kappa shape index (κ2) is 37.4. The van der Waals surface area contributed by atoms with Crippen molar-refractivity contribution in [3.8, 4) is 0 Å². The molecule has 0 heterocycles. The topological polar surface area (TPSA) is 154 Å². The fraction of sp³-hybridized carbons (Fsp3) is 0.824. The molecule has 1 aromatic rings.